The molecule has 0 spiro atoms. The minimum absolute atomic E-state index is 0.0839. The largest absolute Gasteiger partial charge is 0.339 e. The summed E-state index contributed by atoms with van der Waals surface area (Å²) in [7, 11) is 0. The minimum Gasteiger partial charge on any atom is -0.339 e. The molecular weight excluding hydrogens is 314 g/mol. The molecule has 2 aliphatic rings. The Morgan fingerprint density at radius 3 is 2.52 bits per heavy atom. The van der Waals surface area contributed by atoms with E-state index >= 15 is 0 Å². The number of hydrogen-bond donors (Lipinski definition) is 2. The van der Waals surface area contributed by atoms with Crippen molar-refractivity contribution in [3.63, 3.8) is 0 Å². The molecule has 5 heteroatoms. The Labute approximate surface area is 149 Å². The van der Waals surface area contributed by atoms with E-state index in [1.807, 2.05) is 35.2 Å². The first-order chi connectivity index (χ1) is 12.2. The third-order valence-corrected chi connectivity index (χ3v) is 5.04. The SMILES string of the molecule is O=C(NCC1CCN(C(=O)c2ccccc2)CC1)NC1C=CCCC1. The van der Waals surface area contributed by atoms with Crippen molar-refractivity contribution in [1.29, 1.82) is 0 Å². The molecule has 25 heavy (non-hydrogen) atoms. The van der Waals surface area contributed by atoms with Gasteiger partial charge in [0.05, 0.1) is 0 Å². The fraction of sp³-hybridized carbons (Fsp3) is 0.500. The van der Waals surface area contributed by atoms with Gasteiger partial charge in [-0.05, 0) is 50.2 Å². The molecule has 0 radical (unpaired) electrons. The average Bonchev–Trinajstić information content (AvgIpc) is 2.68. The zero-order valence-electron chi connectivity index (χ0n) is 14.6. The Kier molecular flexibility index (Phi) is 6.09. The summed E-state index contributed by atoms with van der Waals surface area (Å²) in [5.41, 5.74) is 0.749. The van der Waals surface area contributed by atoms with Crippen LogP contribution in [0.3, 0.4) is 0 Å². The molecule has 1 atom stereocenters. The number of urea groups is 1. The van der Waals surface area contributed by atoms with Gasteiger partial charge in [-0.15, -0.1) is 0 Å². The molecule has 0 bridgehead atoms. The number of piperidine rings is 1. The number of allylic oxidation sites excluding steroid dienone is 1. The van der Waals surface area contributed by atoms with Crippen LogP contribution < -0.4 is 10.6 Å². The van der Waals surface area contributed by atoms with E-state index in [2.05, 4.69) is 22.8 Å². The van der Waals surface area contributed by atoms with Crippen LogP contribution in [0.15, 0.2) is 42.5 Å². The molecule has 1 heterocycles. The van der Waals surface area contributed by atoms with Crippen LogP contribution in [0.4, 0.5) is 4.79 Å². The number of benzene rings is 1. The summed E-state index contributed by atoms with van der Waals surface area (Å²) in [6, 6.07) is 9.51. The molecule has 3 amide bonds. The van der Waals surface area contributed by atoms with Crippen LogP contribution in [-0.4, -0.2) is 42.5 Å². The molecule has 1 aromatic carbocycles. The molecule has 1 fully saturated rings. The summed E-state index contributed by atoms with van der Waals surface area (Å²) in [6.07, 6.45) is 9.34. The highest BCUT2D eigenvalue weighted by atomic mass is 16.2. The van der Waals surface area contributed by atoms with Crippen molar-refractivity contribution in [1.82, 2.24) is 15.5 Å². The fourth-order valence-corrected chi connectivity index (χ4v) is 3.49. The van der Waals surface area contributed by atoms with Crippen LogP contribution in [0.5, 0.6) is 0 Å². The van der Waals surface area contributed by atoms with Crippen LogP contribution in [0.1, 0.15) is 42.5 Å². The van der Waals surface area contributed by atoms with Crippen LogP contribution in [0.2, 0.25) is 0 Å². The molecule has 0 aromatic heterocycles. The first kappa shape index (κ1) is 17.5. The lowest BCUT2D eigenvalue weighted by Gasteiger charge is -2.32. The molecule has 5 nitrogen and oxygen atoms in total. The highest BCUT2D eigenvalue weighted by Crippen LogP contribution is 2.18. The first-order valence-electron chi connectivity index (χ1n) is 9.28. The minimum atomic E-state index is -0.0839. The van der Waals surface area contributed by atoms with Gasteiger partial charge < -0.3 is 15.5 Å². The lowest BCUT2D eigenvalue weighted by Crippen LogP contribution is -2.45. The molecule has 134 valence electrons. The van der Waals surface area contributed by atoms with Crippen LogP contribution in [0, 0.1) is 5.92 Å². The van der Waals surface area contributed by atoms with Gasteiger partial charge in [-0.25, -0.2) is 4.79 Å². The molecule has 1 aliphatic heterocycles. The number of nitrogens with one attached hydrogen (secondary N) is 2. The summed E-state index contributed by atoms with van der Waals surface area (Å²) in [5, 5.41) is 5.99. The average molecular weight is 341 g/mol. The van der Waals surface area contributed by atoms with Gasteiger partial charge in [0.15, 0.2) is 0 Å². The van der Waals surface area contributed by atoms with Crippen molar-refractivity contribution in [2.24, 2.45) is 5.92 Å². The van der Waals surface area contributed by atoms with Gasteiger partial charge in [0.2, 0.25) is 0 Å². The Hall–Kier alpha value is -2.30. The highest BCUT2D eigenvalue weighted by molar-refractivity contribution is 5.94. The monoisotopic (exact) mass is 341 g/mol. The molecule has 3 rings (SSSR count). The van der Waals surface area contributed by atoms with Crippen molar-refractivity contribution >= 4 is 11.9 Å². The van der Waals surface area contributed by atoms with Crippen molar-refractivity contribution in [3.05, 3.63) is 48.0 Å². The molecule has 1 aliphatic carbocycles. The predicted octanol–water partition coefficient (Wildman–Crippen LogP) is 2.95. The Morgan fingerprint density at radius 2 is 1.84 bits per heavy atom. The quantitative estimate of drug-likeness (QED) is 0.827. The Bertz CT molecular complexity index is 607. The number of amides is 3. The van der Waals surface area contributed by atoms with Gasteiger partial charge in [-0.2, -0.15) is 0 Å². The molecule has 0 saturated carbocycles. The number of carbonyl (C=O) groups is 2. The summed E-state index contributed by atoms with van der Waals surface area (Å²) >= 11 is 0. The molecule has 1 aromatic rings. The topological polar surface area (TPSA) is 61.4 Å². The van der Waals surface area contributed by atoms with E-state index in [4.69, 9.17) is 0 Å². The number of nitrogens with zero attached hydrogens (tertiary/aromatic N) is 1. The maximum Gasteiger partial charge on any atom is 0.315 e. The van der Waals surface area contributed by atoms with Crippen molar-refractivity contribution in [3.8, 4) is 0 Å². The Morgan fingerprint density at radius 1 is 1.08 bits per heavy atom. The summed E-state index contributed by atoms with van der Waals surface area (Å²) in [6.45, 7) is 2.19. The lowest BCUT2D eigenvalue weighted by atomic mass is 9.96. The smallest absolute Gasteiger partial charge is 0.315 e. The van der Waals surface area contributed by atoms with Crippen LogP contribution in [-0.2, 0) is 0 Å². The van der Waals surface area contributed by atoms with Crippen LogP contribution in [0.25, 0.3) is 0 Å². The first-order valence-corrected chi connectivity index (χ1v) is 9.28. The standard InChI is InChI=1S/C20H27N3O2/c24-19(17-7-3-1-4-8-17)23-13-11-16(12-14-23)15-21-20(25)22-18-9-5-2-6-10-18/h1,3-5,7-9,16,18H,2,6,10-15H2,(H2,21,22,25). The second-order valence-electron chi connectivity index (χ2n) is 6.92. The van der Waals surface area contributed by atoms with Crippen molar-refractivity contribution in [2.75, 3.05) is 19.6 Å². The summed E-state index contributed by atoms with van der Waals surface area (Å²) in [4.78, 5) is 26.3. The van der Waals surface area contributed by atoms with E-state index in [9.17, 15) is 9.59 Å². The van der Waals surface area contributed by atoms with Gasteiger partial charge >= 0.3 is 6.03 Å². The maximum atomic E-state index is 12.4. The van der Waals surface area contributed by atoms with Gasteiger partial charge in [0, 0.05) is 31.2 Å². The number of hydrogen-bond acceptors (Lipinski definition) is 2. The van der Waals surface area contributed by atoms with E-state index in [-0.39, 0.29) is 18.0 Å². The normalized spacial score (nSPS) is 21.0. The third kappa shape index (κ3) is 5.08. The third-order valence-electron chi connectivity index (χ3n) is 5.04. The van der Waals surface area contributed by atoms with Gasteiger partial charge in [0.1, 0.15) is 0 Å². The number of rotatable bonds is 4. The van der Waals surface area contributed by atoms with Crippen LogP contribution >= 0.6 is 0 Å². The van der Waals surface area contributed by atoms with E-state index in [0.717, 1.165) is 50.8 Å². The Balaban J connectivity index is 1.37. The molecule has 1 unspecified atom stereocenters. The predicted molar refractivity (Wildman–Crippen MR) is 98.4 cm³/mol. The maximum absolute atomic E-state index is 12.4. The zero-order chi connectivity index (χ0) is 17.5. The summed E-state index contributed by atoms with van der Waals surface area (Å²) < 4.78 is 0. The highest BCUT2D eigenvalue weighted by Gasteiger charge is 2.24. The van der Waals surface area contributed by atoms with E-state index in [1.165, 1.54) is 0 Å². The number of likely N-dealkylation sites (tertiary alicyclic amines) is 1. The van der Waals surface area contributed by atoms with E-state index in [0.29, 0.717) is 12.5 Å². The summed E-state index contributed by atoms with van der Waals surface area (Å²) in [5.74, 6) is 0.543. The molecule has 2 N–H and O–H groups in total. The second-order valence-corrected chi connectivity index (χ2v) is 6.92. The van der Waals surface area contributed by atoms with Gasteiger partial charge in [-0.3, -0.25) is 4.79 Å². The van der Waals surface area contributed by atoms with E-state index in [1.54, 1.807) is 0 Å². The zero-order valence-corrected chi connectivity index (χ0v) is 14.6. The van der Waals surface area contributed by atoms with Crippen molar-refractivity contribution < 1.29 is 9.59 Å². The lowest BCUT2D eigenvalue weighted by molar-refractivity contribution is 0.0690. The van der Waals surface area contributed by atoms with Gasteiger partial charge in [-0.1, -0.05) is 30.4 Å². The van der Waals surface area contributed by atoms with E-state index < -0.39 is 0 Å². The fourth-order valence-electron chi connectivity index (χ4n) is 3.49. The van der Waals surface area contributed by atoms with Crippen molar-refractivity contribution in [2.45, 2.75) is 38.1 Å². The van der Waals surface area contributed by atoms with Gasteiger partial charge in [0.25, 0.3) is 5.91 Å². The molecular formula is C20H27N3O2. The molecule has 1 saturated heterocycles. The second kappa shape index (κ2) is 8.70. The number of carbonyl (C=O) groups excluding carboxylic acids is 2.